The van der Waals surface area contributed by atoms with Crippen molar-refractivity contribution in [1.29, 1.82) is 0 Å². The van der Waals surface area contributed by atoms with Crippen molar-refractivity contribution in [1.82, 2.24) is 4.98 Å². The highest BCUT2D eigenvalue weighted by molar-refractivity contribution is 7.13. The van der Waals surface area contributed by atoms with Crippen LogP contribution in [-0.2, 0) is 0 Å². The molecule has 1 heterocycles. The molecule has 0 bridgehead atoms. The molecule has 0 atom stereocenters. The molecule has 0 aromatic carbocycles. The molecule has 0 saturated carbocycles. The van der Waals surface area contributed by atoms with E-state index in [0.29, 0.717) is 5.13 Å². The van der Waals surface area contributed by atoms with Crippen molar-refractivity contribution in [2.45, 2.75) is 0 Å². The van der Waals surface area contributed by atoms with Crippen LogP contribution in [-0.4, -0.2) is 11.3 Å². The first kappa shape index (κ1) is 6.81. The molecular weight excluding hydrogens is 150 g/mol. The topological polar surface area (TPSA) is 76.0 Å². The van der Waals surface area contributed by atoms with Crippen LogP contribution in [0.2, 0.25) is 0 Å². The average Bonchev–Trinajstić information content (AvgIpc) is 2.41. The third kappa shape index (κ3) is 1.90. The summed E-state index contributed by atoms with van der Waals surface area (Å²) in [6.07, 6.45) is 2.81. The summed E-state index contributed by atoms with van der Waals surface area (Å²) in [4.78, 5) is 3.84. The molecule has 0 fully saturated rings. The molecule has 10 heavy (non-hydrogen) atoms. The predicted octanol–water partition coefficient (Wildman–Crippen LogP) is 1.13. The highest BCUT2D eigenvalue weighted by atomic mass is 32.1. The maximum Gasteiger partial charge on any atom is 0.229 e. The van der Waals surface area contributed by atoms with Crippen molar-refractivity contribution in [2.24, 2.45) is 21.2 Å². The molecule has 0 aliphatic rings. The fourth-order valence-electron chi connectivity index (χ4n) is 0.370. The zero-order chi connectivity index (χ0) is 7.23. The zero-order valence-corrected chi connectivity index (χ0v) is 5.82. The van der Waals surface area contributed by atoms with Crippen molar-refractivity contribution < 1.29 is 0 Å². The monoisotopic (exact) mass is 155 g/mol. The van der Waals surface area contributed by atoms with E-state index in [9.17, 15) is 0 Å². The zero-order valence-electron chi connectivity index (χ0n) is 5.01. The van der Waals surface area contributed by atoms with E-state index in [1.165, 1.54) is 11.3 Å². The lowest BCUT2D eigenvalue weighted by Crippen LogP contribution is -1.76. The Hall–Kier alpha value is -1.30. The summed E-state index contributed by atoms with van der Waals surface area (Å²) < 4.78 is 0. The molecule has 52 valence electrons. The lowest BCUT2D eigenvalue weighted by molar-refractivity contribution is 1.20. The van der Waals surface area contributed by atoms with Gasteiger partial charge in [0.25, 0.3) is 0 Å². The fourth-order valence-corrected chi connectivity index (χ4v) is 0.830. The Labute approximate surface area is 61.3 Å². The Morgan fingerprint density at radius 2 is 2.60 bits per heavy atom. The summed E-state index contributed by atoms with van der Waals surface area (Å²) in [5, 5.41) is 12.7. The minimum atomic E-state index is 0.597. The quantitative estimate of drug-likeness (QED) is 0.228. The fraction of sp³-hybridized carbons (Fsp3) is 0. The van der Waals surface area contributed by atoms with E-state index >= 15 is 0 Å². The van der Waals surface area contributed by atoms with Crippen LogP contribution in [0.4, 0.5) is 5.13 Å². The van der Waals surface area contributed by atoms with Gasteiger partial charge in [0.05, 0.1) is 0 Å². The molecule has 0 amide bonds. The van der Waals surface area contributed by atoms with Crippen LogP contribution >= 0.6 is 11.3 Å². The highest BCUT2D eigenvalue weighted by Crippen LogP contribution is 2.13. The molecule has 1 aromatic rings. The largest absolute Gasteiger partial charge is 0.322 e. The van der Waals surface area contributed by atoms with Gasteiger partial charge >= 0.3 is 0 Å². The van der Waals surface area contributed by atoms with Gasteiger partial charge in [-0.3, -0.25) is 0 Å². The van der Waals surface area contributed by atoms with Crippen LogP contribution in [0, 0.1) is 0 Å². The van der Waals surface area contributed by atoms with E-state index in [0.717, 1.165) is 6.34 Å². The van der Waals surface area contributed by atoms with Gasteiger partial charge in [-0.1, -0.05) is 0 Å². The van der Waals surface area contributed by atoms with Gasteiger partial charge in [0, 0.05) is 11.6 Å². The summed E-state index contributed by atoms with van der Waals surface area (Å²) in [6.45, 7) is 0. The standard InChI is InChI=1S/C4H5N5S/c5-7-3-8-9-4-6-1-2-10-4/h1-3H,5H2. The first-order valence-electron chi connectivity index (χ1n) is 2.45. The normalized spacial score (nSPS) is 11.6. The van der Waals surface area contributed by atoms with Crippen molar-refractivity contribution >= 4 is 22.8 Å². The van der Waals surface area contributed by atoms with E-state index in [1.54, 1.807) is 6.20 Å². The van der Waals surface area contributed by atoms with Crippen LogP contribution in [0.25, 0.3) is 0 Å². The summed E-state index contributed by atoms with van der Waals surface area (Å²) >= 11 is 1.40. The van der Waals surface area contributed by atoms with Crippen molar-refractivity contribution in [3.8, 4) is 0 Å². The van der Waals surface area contributed by atoms with Gasteiger partial charge in [-0.05, 0) is 0 Å². The molecule has 0 aliphatic heterocycles. The van der Waals surface area contributed by atoms with Gasteiger partial charge in [0.15, 0.2) is 6.34 Å². The van der Waals surface area contributed by atoms with Crippen LogP contribution in [0.5, 0.6) is 0 Å². The predicted molar refractivity (Wildman–Crippen MR) is 39.3 cm³/mol. The van der Waals surface area contributed by atoms with E-state index < -0.39 is 0 Å². The second-order valence-corrected chi connectivity index (χ2v) is 2.17. The van der Waals surface area contributed by atoms with Gasteiger partial charge < -0.3 is 5.84 Å². The Balaban J connectivity index is 2.55. The van der Waals surface area contributed by atoms with Crippen molar-refractivity contribution in [3.63, 3.8) is 0 Å². The number of hydrazone groups is 1. The molecular formula is C4H5N5S. The number of azo groups is 1. The number of rotatable bonds is 2. The average molecular weight is 155 g/mol. The van der Waals surface area contributed by atoms with Crippen LogP contribution in [0.1, 0.15) is 0 Å². The Kier molecular flexibility index (Phi) is 2.50. The lowest BCUT2D eigenvalue weighted by atomic mass is 11.0. The summed E-state index contributed by atoms with van der Waals surface area (Å²) in [7, 11) is 0. The van der Waals surface area contributed by atoms with E-state index in [2.05, 4.69) is 20.3 Å². The molecule has 0 radical (unpaired) electrons. The molecule has 2 N–H and O–H groups in total. The lowest BCUT2D eigenvalue weighted by Gasteiger charge is -1.74. The number of aromatic nitrogens is 1. The summed E-state index contributed by atoms with van der Waals surface area (Å²) in [5.74, 6) is 4.77. The molecule has 0 spiro atoms. The second kappa shape index (κ2) is 3.67. The number of hydrogen-bond acceptors (Lipinski definition) is 5. The van der Waals surface area contributed by atoms with E-state index in [-0.39, 0.29) is 0 Å². The molecule has 1 aromatic heterocycles. The third-order valence-corrected chi connectivity index (χ3v) is 1.34. The minimum Gasteiger partial charge on any atom is -0.322 e. The Morgan fingerprint density at radius 3 is 3.20 bits per heavy atom. The highest BCUT2D eigenvalue weighted by Gasteiger charge is 1.86. The van der Waals surface area contributed by atoms with Gasteiger partial charge in [-0.25, -0.2) is 4.98 Å². The molecule has 0 aliphatic carbocycles. The van der Waals surface area contributed by atoms with Crippen LogP contribution < -0.4 is 5.84 Å². The third-order valence-electron chi connectivity index (χ3n) is 0.681. The van der Waals surface area contributed by atoms with E-state index in [1.807, 2.05) is 5.38 Å². The van der Waals surface area contributed by atoms with E-state index in [4.69, 9.17) is 5.84 Å². The van der Waals surface area contributed by atoms with Gasteiger partial charge in [-0.2, -0.15) is 5.10 Å². The van der Waals surface area contributed by atoms with Crippen molar-refractivity contribution in [3.05, 3.63) is 11.6 Å². The first-order chi connectivity index (χ1) is 4.93. The summed E-state index contributed by atoms with van der Waals surface area (Å²) in [5.41, 5.74) is 0. The number of hydrogen-bond donors (Lipinski definition) is 1. The summed E-state index contributed by atoms with van der Waals surface area (Å²) in [6, 6.07) is 0. The number of thiazole rings is 1. The minimum absolute atomic E-state index is 0.597. The molecule has 0 unspecified atom stereocenters. The maximum atomic E-state index is 4.77. The number of nitrogens with zero attached hydrogens (tertiary/aromatic N) is 4. The SMILES string of the molecule is NN=CN=Nc1nccs1. The molecule has 5 nitrogen and oxygen atoms in total. The van der Waals surface area contributed by atoms with Crippen LogP contribution in [0.15, 0.2) is 26.9 Å². The molecule has 1 rings (SSSR count). The van der Waals surface area contributed by atoms with Gasteiger partial charge in [0.2, 0.25) is 5.13 Å². The smallest absolute Gasteiger partial charge is 0.229 e. The van der Waals surface area contributed by atoms with Crippen LogP contribution in [0.3, 0.4) is 0 Å². The Bertz CT molecular complexity index is 226. The Morgan fingerprint density at radius 1 is 1.70 bits per heavy atom. The number of nitrogens with two attached hydrogens (primary N) is 1. The maximum absolute atomic E-state index is 4.77. The first-order valence-corrected chi connectivity index (χ1v) is 3.33. The molecule has 6 heteroatoms. The van der Waals surface area contributed by atoms with Gasteiger partial charge in [0.1, 0.15) is 0 Å². The van der Waals surface area contributed by atoms with Gasteiger partial charge in [-0.15, -0.1) is 21.6 Å². The van der Waals surface area contributed by atoms with Crippen molar-refractivity contribution in [2.75, 3.05) is 0 Å². The second-order valence-electron chi connectivity index (χ2n) is 1.29. The molecule has 0 saturated heterocycles.